The average Bonchev–Trinajstić information content (AvgIpc) is 2.81. The molecule has 1 aliphatic rings. The van der Waals surface area contributed by atoms with Crippen LogP contribution >= 0.6 is 11.8 Å². The summed E-state index contributed by atoms with van der Waals surface area (Å²) in [6.07, 6.45) is 3.11. The summed E-state index contributed by atoms with van der Waals surface area (Å²) in [4.78, 5) is 24.8. The van der Waals surface area contributed by atoms with E-state index in [9.17, 15) is 14.7 Å². The molecule has 1 aliphatic heterocycles. The van der Waals surface area contributed by atoms with Crippen LogP contribution in [-0.4, -0.2) is 53.1 Å². The van der Waals surface area contributed by atoms with Crippen LogP contribution < -0.4 is 5.32 Å². The minimum absolute atomic E-state index is 0.146. The number of urea groups is 1. The summed E-state index contributed by atoms with van der Waals surface area (Å²) in [5.74, 6) is -0.794. The number of aliphatic carboxylic acids is 1. The maximum atomic E-state index is 11.9. The van der Waals surface area contributed by atoms with Crippen LogP contribution in [0, 0.1) is 5.41 Å². The average molecular weight is 274 g/mol. The first-order valence-electron chi connectivity index (χ1n) is 6.24. The Balaban J connectivity index is 2.50. The smallest absolute Gasteiger partial charge is 0.317 e. The third kappa shape index (κ3) is 3.31. The highest BCUT2D eigenvalue weighted by Crippen LogP contribution is 2.34. The number of likely N-dealkylation sites (tertiary alicyclic amines) is 1. The monoisotopic (exact) mass is 274 g/mol. The van der Waals surface area contributed by atoms with Crippen LogP contribution in [0.15, 0.2) is 0 Å². The van der Waals surface area contributed by atoms with E-state index in [-0.39, 0.29) is 6.03 Å². The summed E-state index contributed by atoms with van der Waals surface area (Å²) in [7, 11) is 0. The molecule has 2 N–H and O–H groups in total. The van der Waals surface area contributed by atoms with Gasteiger partial charge in [-0.15, -0.1) is 0 Å². The van der Waals surface area contributed by atoms with E-state index in [1.165, 1.54) is 0 Å². The lowest BCUT2D eigenvalue weighted by Gasteiger charge is -2.23. The SMILES string of the molecule is CCC1(C(=O)O)CCN(C(=O)NCC(C)SC)C1. The van der Waals surface area contributed by atoms with E-state index in [0.29, 0.717) is 37.7 Å². The largest absolute Gasteiger partial charge is 0.481 e. The summed E-state index contributed by atoms with van der Waals surface area (Å²) in [5.41, 5.74) is -0.748. The van der Waals surface area contributed by atoms with Gasteiger partial charge < -0.3 is 15.3 Å². The second kappa shape index (κ2) is 6.31. The zero-order valence-electron chi connectivity index (χ0n) is 11.2. The quantitative estimate of drug-likeness (QED) is 0.799. The van der Waals surface area contributed by atoms with Gasteiger partial charge in [0.25, 0.3) is 0 Å². The molecule has 6 heteroatoms. The number of carbonyl (C=O) groups excluding carboxylic acids is 1. The Bertz CT molecular complexity index is 324. The second-order valence-electron chi connectivity index (χ2n) is 4.84. The molecule has 0 aliphatic carbocycles. The molecule has 1 rings (SSSR count). The predicted octanol–water partition coefficient (Wildman–Crippen LogP) is 1.63. The van der Waals surface area contributed by atoms with Crippen LogP contribution in [0.4, 0.5) is 4.79 Å². The van der Waals surface area contributed by atoms with Crippen molar-refractivity contribution in [1.29, 1.82) is 0 Å². The van der Waals surface area contributed by atoms with Crippen LogP contribution in [0.25, 0.3) is 0 Å². The van der Waals surface area contributed by atoms with E-state index in [0.717, 1.165) is 0 Å². The minimum Gasteiger partial charge on any atom is -0.481 e. The van der Waals surface area contributed by atoms with Gasteiger partial charge in [0, 0.05) is 24.9 Å². The molecule has 1 heterocycles. The van der Waals surface area contributed by atoms with Gasteiger partial charge in [-0.3, -0.25) is 4.79 Å². The highest BCUT2D eigenvalue weighted by atomic mass is 32.2. The first-order valence-corrected chi connectivity index (χ1v) is 7.53. The number of nitrogens with zero attached hydrogens (tertiary/aromatic N) is 1. The van der Waals surface area contributed by atoms with Crippen molar-refractivity contribution in [2.45, 2.75) is 31.9 Å². The number of hydrogen-bond donors (Lipinski definition) is 2. The summed E-state index contributed by atoms with van der Waals surface area (Å²) in [6, 6.07) is -0.146. The summed E-state index contributed by atoms with van der Waals surface area (Å²) in [6.45, 7) is 5.37. The van der Waals surface area contributed by atoms with Gasteiger partial charge in [0.05, 0.1) is 5.41 Å². The fourth-order valence-corrected chi connectivity index (χ4v) is 2.34. The summed E-state index contributed by atoms with van der Waals surface area (Å²) in [5, 5.41) is 12.5. The van der Waals surface area contributed by atoms with Crippen molar-refractivity contribution in [2.75, 3.05) is 25.9 Å². The molecule has 0 spiro atoms. The standard InChI is InChI=1S/C12H22N2O3S/c1-4-12(10(15)16)5-6-14(8-12)11(17)13-7-9(2)18-3/h9H,4-8H2,1-3H3,(H,13,17)(H,15,16). The first-order chi connectivity index (χ1) is 8.45. The van der Waals surface area contributed by atoms with Gasteiger partial charge >= 0.3 is 12.0 Å². The maximum Gasteiger partial charge on any atom is 0.317 e. The lowest BCUT2D eigenvalue weighted by molar-refractivity contribution is -0.148. The first kappa shape index (κ1) is 15.1. The van der Waals surface area contributed by atoms with E-state index in [1.54, 1.807) is 16.7 Å². The lowest BCUT2D eigenvalue weighted by Crippen LogP contribution is -2.43. The molecule has 0 bridgehead atoms. The molecule has 0 saturated carbocycles. The van der Waals surface area contributed by atoms with Gasteiger partial charge in [0.2, 0.25) is 0 Å². The molecule has 0 aromatic rings. The Kier molecular flexibility index (Phi) is 5.31. The highest BCUT2D eigenvalue weighted by molar-refractivity contribution is 7.99. The van der Waals surface area contributed by atoms with Gasteiger partial charge in [-0.2, -0.15) is 11.8 Å². The van der Waals surface area contributed by atoms with E-state index >= 15 is 0 Å². The van der Waals surface area contributed by atoms with Gasteiger partial charge in [0.15, 0.2) is 0 Å². The summed E-state index contributed by atoms with van der Waals surface area (Å²) >= 11 is 1.69. The van der Waals surface area contributed by atoms with Gasteiger partial charge in [-0.05, 0) is 19.1 Å². The molecule has 2 amide bonds. The third-order valence-electron chi connectivity index (χ3n) is 3.71. The number of carboxylic acids is 1. The number of nitrogens with one attached hydrogen (secondary N) is 1. The molecular weight excluding hydrogens is 252 g/mol. The van der Waals surface area contributed by atoms with Crippen molar-refractivity contribution in [2.24, 2.45) is 5.41 Å². The fraction of sp³-hybridized carbons (Fsp3) is 0.833. The topological polar surface area (TPSA) is 69.6 Å². The van der Waals surface area contributed by atoms with Crippen molar-refractivity contribution >= 4 is 23.8 Å². The van der Waals surface area contributed by atoms with E-state index in [4.69, 9.17) is 0 Å². The Labute approximate surface area is 112 Å². The zero-order valence-corrected chi connectivity index (χ0v) is 12.0. The predicted molar refractivity (Wildman–Crippen MR) is 72.9 cm³/mol. The molecule has 2 atom stereocenters. The Morgan fingerprint density at radius 2 is 2.22 bits per heavy atom. The van der Waals surface area contributed by atoms with Gasteiger partial charge in [0.1, 0.15) is 0 Å². The molecule has 5 nitrogen and oxygen atoms in total. The maximum absolute atomic E-state index is 11.9. The Morgan fingerprint density at radius 1 is 1.56 bits per heavy atom. The molecule has 1 fully saturated rings. The van der Waals surface area contributed by atoms with Crippen molar-refractivity contribution in [1.82, 2.24) is 10.2 Å². The number of carbonyl (C=O) groups is 2. The molecular formula is C12H22N2O3S. The van der Waals surface area contributed by atoms with Gasteiger partial charge in [-0.1, -0.05) is 13.8 Å². The fourth-order valence-electron chi connectivity index (χ4n) is 2.09. The number of thioether (sulfide) groups is 1. The van der Waals surface area contributed by atoms with E-state index in [1.807, 2.05) is 20.1 Å². The molecule has 18 heavy (non-hydrogen) atoms. The van der Waals surface area contributed by atoms with Crippen LogP contribution in [0.3, 0.4) is 0 Å². The van der Waals surface area contributed by atoms with Crippen LogP contribution in [0.1, 0.15) is 26.7 Å². The minimum atomic E-state index is -0.794. The molecule has 104 valence electrons. The molecule has 2 unspecified atom stereocenters. The normalized spacial score (nSPS) is 24.9. The lowest BCUT2D eigenvalue weighted by atomic mass is 9.84. The van der Waals surface area contributed by atoms with Crippen molar-refractivity contribution in [3.63, 3.8) is 0 Å². The number of hydrogen-bond acceptors (Lipinski definition) is 3. The molecule has 0 radical (unpaired) electrons. The number of carboxylic acid groups (broad SMARTS) is 1. The van der Waals surface area contributed by atoms with E-state index < -0.39 is 11.4 Å². The number of amides is 2. The summed E-state index contributed by atoms with van der Waals surface area (Å²) < 4.78 is 0. The number of rotatable bonds is 5. The van der Waals surface area contributed by atoms with E-state index in [2.05, 4.69) is 5.32 Å². The van der Waals surface area contributed by atoms with Crippen molar-refractivity contribution < 1.29 is 14.7 Å². The highest BCUT2D eigenvalue weighted by Gasteiger charge is 2.44. The Morgan fingerprint density at radius 3 is 2.67 bits per heavy atom. The molecule has 1 saturated heterocycles. The molecule has 0 aromatic heterocycles. The zero-order chi connectivity index (χ0) is 13.8. The van der Waals surface area contributed by atoms with Crippen LogP contribution in [0.5, 0.6) is 0 Å². The van der Waals surface area contributed by atoms with Crippen LogP contribution in [-0.2, 0) is 4.79 Å². The van der Waals surface area contributed by atoms with Crippen molar-refractivity contribution in [3.05, 3.63) is 0 Å². The molecule has 0 aromatic carbocycles. The second-order valence-corrected chi connectivity index (χ2v) is 6.12. The Hall–Kier alpha value is -0.910. The van der Waals surface area contributed by atoms with Crippen molar-refractivity contribution in [3.8, 4) is 0 Å². The van der Waals surface area contributed by atoms with Gasteiger partial charge in [-0.25, -0.2) is 4.79 Å². The third-order valence-corrected chi connectivity index (χ3v) is 4.69. The van der Waals surface area contributed by atoms with Crippen LogP contribution in [0.2, 0.25) is 0 Å².